The van der Waals surface area contributed by atoms with Crippen molar-refractivity contribution in [2.45, 2.75) is 6.42 Å². The average Bonchev–Trinajstić information content (AvgIpc) is 2.79. The predicted molar refractivity (Wildman–Crippen MR) is 60.9 cm³/mol. The molecule has 0 aliphatic carbocycles. The van der Waals surface area contributed by atoms with Crippen LogP contribution in [-0.2, 0) is 4.84 Å². The third kappa shape index (κ3) is 2.11. The van der Waals surface area contributed by atoms with Crippen LogP contribution in [0.4, 0.5) is 0 Å². The van der Waals surface area contributed by atoms with Crippen LogP contribution in [0, 0.1) is 0 Å². The molecule has 0 saturated carbocycles. The average molecular weight is 282 g/mol. The largest absolute Gasteiger partial charge is 0.297 e. The minimum absolute atomic E-state index is 0.0506. The molecule has 4 nitrogen and oxygen atoms in total. The lowest BCUT2D eigenvalue weighted by Gasteiger charge is -2.14. The van der Waals surface area contributed by atoms with Crippen LogP contribution in [0.2, 0.25) is 15.1 Å². The minimum atomic E-state index is -0.402. The van der Waals surface area contributed by atoms with Crippen LogP contribution in [0.1, 0.15) is 16.9 Å². The Kier molecular flexibility index (Phi) is 3.54. The molecule has 0 atom stereocenters. The normalized spacial score (nSPS) is 15.6. The molecule has 0 spiro atoms. The van der Waals surface area contributed by atoms with E-state index in [1.54, 1.807) is 0 Å². The number of hydrogen-bond donors (Lipinski definition) is 0. The van der Waals surface area contributed by atoms with E-state index in [4.69, 9.17) is 39.6 Å². The van der Waals surface area contributed by atoms with Gasteiger partial charge in [0.05, 0.1) is 28.2 Å². The molecule has 16 heavy (non-hydrogen) atoms. The van der Waals surface area contributed by atoms with Crippen molar-refractivity contribution in [3.05, 3.63) is 27.0 Å². The van der Waals surface area contributed by atoms with Gasteiger partial charge in [0.2, 0.25) is 0 Å². The van der Waals surface area contributed by atoms with Gasteiger partial charge in [-0.05, 0) is 6.42 Å². The van der Waals surface area contributed by atoms with E-state index >= 15 is 0 Å². The second-order valence-electron chi connectivity index (χ2n) is 3.18. The fourth-order valence-electron chi connectivity index (χ4n) is 1.32. The summed E-state index contributed by atoms with van der Waals surface area (Å²) in [4.78, 5) is 20.9. The molecule has 2 heterocycles. The first-order valence-corrected chi connectivity index (χ1v) is 5.69. The van der Waals surface area contributed by atoms with Gasteiger partial charge in [0.1, 0.15) is 0 Å². The molecule has 0 aromatic carbocycles. The molecule has 0 N–H and O–H groups in total. The van der Waals surface area contributed by atoms with E-state index in [2.05, 4.69) is 4.98 Å². The summed E-state index contributed by atoms with van der Waals surface area (Å²) < 4.78 is 0. The van der Waals surface area contributed by atoms with Gasteiger partial charge in [0, 0.05) is 6.20 Å². The number of carbonyl (C=O) groups is 1. The number of amides is 1. The van der Waals surface area contributed by atoms with Gasteiger partial charge in [-0.25, -0.2) is 10.0 Å². The summed E-state index contributed by atoms with van der Waals surface area (Å²) in [6, 6.07) is 0. The molecule has 1 aliphatic rings. The number of pyridine rings is 1. The molecule has 1 aromatic heterocycles. The molecular weight excluding hydrogens is 274 g/mol. The van der Waals surface area contributed by atoms with Crippen molar-refractivity contribution in [2.24, 2.45) is 0 Å². The molecule has 0 radical (unpaired) electrons. The van der Waals surface area contributed by atoms with Gasteiger partial charge in [-0.2, -0.15) is 0 Å². The topological polar surface area (TPSA) is 42.4 Å². The Morgan fingerprint density at radius 2 is 2.12 bits per heavy atom. The van der Waals surface area contributed by atoms with Gasteiger partial charge in [0.15, 0.2) is 5.69 Å². The predicted octanol–water partition coefficient (Wildman–Crippen LogP) is 2.82. The van der Waals surface area contributed by atoms with Crippen molar-refractivity contribution in [1.82, 2.24) is 10.0 Å². The fourth-order valence-corrected chi connectivity index (χ4v) is 1.88. The molecular formula is C9H7Cl3N2O2. The molecule has 1 amide bonds. The number of nitrogens with zero attached hydrogens (tertiary/aromatic N) is 2. The van der Waals surface area contributed by atoms with E-state index in [1.165, 1.54) is 11.3 Å². The Hall–Kier alpha value is -0.550. The van der Waals surface area contributed by atoms with Gasteiger partial charge in [-0.1, -0.05) is 34.8 Å². The first kappa shape index (κ1) is 11.9. The smallest absolute Gasteiger partial charge is 0.271 e. The van der Waals surface area contributed by atoms with Crippen LogP contribution in [0.3, 0.4) is 0 Å². The number of aromatic nitrogens is 1. The Bertz CT molecular complexity index is 433. The molecule has 1 fully saturated rings. The summed E-state index contributed by atoms with van der Waals surface area (Å²) >= 11 is 17.4. The molecule has 2 rings (SSSR count). The van der Waals surface area contributed by atoms with Crippen molar-refractivity contribution >= 4 is 40.7 Å². The van der Waals surface area contributed by atoms with Crippen LogP contribution in [0.15, 0.2) is 6.20 Å². The molecule has 0 bridgehead atoms. The van der Waals surface area contributed by atoms with Crippen molar-refractivity contribution in [1.29, 1.82) is 0 Å². The van der Waals surface area contributed by atoms with Gasteiger partial charge in [-0.15, -0.1) is 0 Å². The maximum absolute atomic E-state index is 11.9. The second-order valence-corrected chi connectivity index (χ2v) is 4.34. The Morgan fingerprint density at radius 1 is 1.38 bits per heavy atom. The highest BCUT2D eigenvalue weighted by molar-refractivity contribution is 6.48. The van der Waals surface area contributed by atoms with E-state index < -0.39 is 5.91 Å². The lowest BCUT2D eigenvalue weighted by molar-refractivity contribution is -0.0771. The Labute approximate surface area is 107 Å². The Morgan fingerprint density at radius 3 is 2.75 bits per heavy atom. The van der Waals surface area contributed by atoms with E-state index in [9.17, 15) is 4.79 Å². The molecule has 0 unspecified atom stereocenters. The van der Waals surface area contributed by atoms with Crippen LogP contribution in [0.25, 0.3) is 0 Å². The van der Waals surface area contributed by atoms with E-state index in [0.717, 1.165) is 6.42 Å². The lowest BCUT2D eigenvalue weighted by atomic mass is 10.3. The minimum Gasteiger partial charge on any atom is -0.271 e. The van der Waals surface area contributed by atoms with Gasteiger partial charge in [-0.3, -0.25) is 9.63 Å². The lowest BCUT2D eigenvalue weighted by Crippen LogP contribution is -2.27. The second kappa shape index (κ2) is 4.75. The van der Waals surface area contributed by atoms with Gasteiger partial charge in [0.25, 0.3) is 5.91 Å². The van der Waals surface area contributed by atoms with Crippen molar-refractivity contribution < 1.29 is 9.63 Å². The maximum atomic E-state index is 11.9. The maximum Gasteiger partial charge on any atom is 0.297 e. The third-order valence-corrected chi connectivity index (χ3v) is 3.34. The summed E-state index contributed by atoms with van der Waals surface area (Å²) in [5.41, 5.74) is 0.0537. The highest BCUT2D eigenvalue weighted by Crippen LogP contribution is 2.31. The van der Waals surface area contributed by atoms with Crippen LogP contribution in [-0.4, -0.2) is 29.1 Å². The number of carbonyl (C=O) groups excluding carboxylic acids is 1. The SMILES string of the molecule is O=C(c1ncc(Cl)c(Cl)c1Cl)N1CCCO1. The zero-order valence-corrected chi connectivity index (χ0v) is 10.3. The van der Waals surface area contributed by atoms with Crippen LogP contribution in [0.5, 0.6) is 0 Å². The van der Waals surface area contributed by atoms with Crippen molar-refractivity contribution in [3.63, 3.8) is 0 Å². The van der Waals surface area contributed by atoms with Crippen molar-refractivity contribution in [3.8, 4) is 0 Å². The van der Waals surface area contributed by atoms with E-state index in [1.807, 2.05) is 0 Å². The standard InChI is InChI=1S/C9H7Cl3N2O2/c10-5-4-13-8(7(12)6(5)11)9(15)14-2-1-3-16-14/h4H,1-3H2. The summed E-state index contributed by atoms with van der Waals surface area (Å²) in [6.45, 7) is 1.04. The molecule has 1 aliphatic heterocycles. The van der Waals surface area contributed by atoms with Crippen LogP contribution < -0.4 is 0 Å². The fraction of sp³-hybridized carbons (Fsp3) is 0.333. The molecule has 1 saturated heterocycles. The molecule has 7 heteroatoms. The van der Waals surface area contributed by atoms with Gasteiger partial charge >= 0.3 is 0 Å². The zero-order chi connectivity index (χ0) is 11.7. The summed E-state index contributed by atoms with van der Waals surface area (Å²) in [5, 5.41) is 1.61. The van der Waals surface area contributed by atoms with E-state index in [0.29, 0.717) is 13.2 Å². The summed E-state index contributed by atoms with van der Waals surface area (Å²) in [5.74, 6) is -0.402. The zero-order valence-electron chi connectivity index (χ0n) is 8.04. The van der Waals surface area contributed by atoms with Gasteiger partial charge < -0.3 is 0 Å². The molecule has 86 valence electrons. The summed E-state index contributed by atoms with van der Waals surface area (Å²) in [6.07, 6.45) is 2.09. The Balaban J connectivity index is 2.33. The third-order valence-electron chi connectivity index (χ3n) is 2.10. The van der Waals surface area contributed by atoms with Crippen LogP contribution >= 0.6 is 34.8 Å². The number of hydrogen-bond acceptors (Lipinski definition) is 3. The monoisotopic (exact) mass is 280 g/mol. The first-order valence-electron chi connectivity index (χ1n) is 4.55. The first-order chi connectivity index (χ1) is 7.61. The highest BCUT2D eigenvalue weighted by atomic mass is 35.5. The van der Waals surface area contributed by atoms with Crippen molar-refractivity contribution in [2.75, 3.05) is 13.2 Å². The number of halogens is 3. The number of rotatable bonds is 1. The number of hydroxylamine groups is 2. The highest BCUT2D eigenvalue weighted by Gasteiger charge is 2.25. The van der Waals surface area contributed by atoms with E-state index in [-0.39, 0.29) is 20.8 Å². The summed E-state index contributed by atoms with van der Waals surface area (Å²) in [7, 11) is 0. The molecule has 1 aromatic rings. The quantitative estimate of drug-likeness (QED) is 0.795.